The van der Waals surface area contributed by atoms with Gasteiger partial charge in [0.2, 0.25) is 0 Å². The number of aryl methyl sites for hydroxylation is 1. The second-order valence-corrected chi connectivity index (χ2v) is 3.04. The molecule has 0 saturated carbocycles. The topological polar surface area (TPSA) is 55.9 Å². The first-order chi connectivity index (χ1) is 5.72. The lowest BCUT2D eigenvalue weighted by Gasteiger charge is -2.08. The van der Waals surface area contributed by atoms with Crippen LogP contribution in [-0.4, -0.2) is 22.4 Å². The molecule has 4 nitrogen and oxygen atoms in total. The van der Waals surface area contributed by atoms with Gasteiger partial charge in [0.05, 0.1) is 6.20 Å². The van der Waals surface area contributed by atoms with Gasteiger partial charge in [0.25, 0.3) is 0 Å². The third kappa shape index (κ3) is 2.64. The Morgan fingerprint density at radius 3 is 3.00 bits per heavy atom. The molecule has 0 aliphatic rings. The van der Waals surface area contributed by atoms with Crippen LogP contribution in [0.2, 0.25) is 0 Å². The molecule has 0 aromatic carbocycles. The summed E-state index contributed by atoms with van der Waals surface area (Å²) < 4.78 is 1.80. The summed E-state index contributed by atoms with van der Waals surface area (Å²) in [7, 11) is 1.91. The molecule has 12 heavy (non-hydrogen) atoms. The highest BCUT2D eigenvalue weighted by Crippen LogP contribution is 1.95. The Kier molecular flexibility index (Phi) is 3.25. The minimum absolute atomic E-state index is 0.366. The van der Waals surface area contributed by atoms with Gasteiger partial charge in [-0.05, 0) is 6.92 Å². The lowest BCUT2D eigenvalue weighted by Crippen LogP contribution is -2.32. The van der Waals surface area contributed by atoms with Crippen molar-refractivity contribution in [2.45, 2.75) is 19.5 Å². The molecule has 1 atom stereocenters. The quantitative estimate of drug-likeness (QED) is 0.657. The fourth-order valence-electron chi connectivity index (χ4n) is 0.939. The molecule has 0 fully saturated rings. The highest BCUT2D eigenvalue weighted by Gasteiger charge is 1.99. The Morgan fingerprint density at radius 1 is 1.75 bits per heavy atom. The van der Waals surface area contributed by atoms with E-state index in [0.717, 1.165) is 6.54 Å². The average molecular weight is 168 g/mol. The second kappa shape index (κ2) is 4.23. The van der Waals surface area contributed by atoms with Crippen LogP contribution in [-0.2, 0) is 13.6 Å². The van der Waals surface area contributed by atoms with Crippen molar-refractivity contribution in [3.8, 4) is 0 Å². The van der Waals surface area contributed by atoms with Crippen molar-refractivity contribution in [3.05, 3.63) is 18.0 Å². The molecule has 4 heteroatoms. The Hall–Kier alpha value is -0.870. The number of nitrogens with zero attached hydrogens (tertiary/aromatic N) is 2. The Morgan fingerprint density at radius 2 is 2.50 bits per heavy atom. The normalized spacial score (nSPS) is 13.2. The van der Waals surface area contributed by atoms with Crippen LogP contribution in [0.3, 0.4) is 0 Å². The van der Waals surface area contributed by atoms with Crippen LogP contribution in [0.25, 0.3) is 0 Å². The second-order valence-electron chi connectivity index (χ2n) is 3.04. The van der Waals surface area contributed by atoms with Crippen molar-refractivity contribution in [3.63, 3.8) is 0 Å². The van der Waals surface area contributed by atoms with Crippen LogP contribution >= 0.6 is 0 Å². The molecule has 0 amide bonds. The number of hydrogen-bond donors (Lipinski definition) is 2. The van der Waals surface area contributed by atoms with E-state index in [1.807, 2.05) is 19.4 Å². The van der Waals surface area contributed by atoms with E-state index in [2.05, 4.69) is 17.3 Å². The van der Waals surface area contributed by atoms with Crippen LogP contribution in [0.1, 0.15) is 12.5 Å². The molecular formula is C8H16N4. The summed E-state index contributed by atoms with van der Waals surface area (Å²) in [5.41, 5.74) is 6.65. The fourth-order valence-corrected chi connectivity index (χ4v) is 0.939. The minimum Gasteiger partial charge on any atom is -0.329 e. The Balaban J connectivity index is 2.33. The summed E-state index contributed by atoms with van der Waals surface area (Å²) in [4.78, 5) is 0. The van der Waals surface area contributed by atoms with Gasteiger partial charge in [-0.2, -0.15) is 5.10 Å². The van der Waals surface area contributed by atoms with Crippen LogP contribution < -0.4 is 11.1 Å². The van der Waals surface area contributed by atoms with Gasteiger partial charge >= 0.3 is 0 Å². The van der Waals surface area contributed by atoms with E-state index in [1.165, 1.54) is 5.56 Å². The van der Waals surface area contributed by atoms with Crippen molar-refractivity contribution in [1.82, 2.24) is 15.1 Å². The highest BCUT2D eigenvalue weighted by atomic mass is 15.2. The Bertz CT molecular complexity index is 231. The van der Waals surface area contributed by atoms with Crippen LogP contribution in [0.15, 0.2) is 12.4 Å². The van der Waals surface area contributed by atoms with E-state index in [1.54, 1.807) is 4.68 Å². The van der Waals surface area contributed by atoms with E-state index in [-0.39, 0.29) is 0 Å². The van der Waals surface area contributed by atoms with E-state index in [9.17, 15) is 0 Å². The Labute approximate surface area is 72.8 Å². The number of aromatic nitrogens is 2. The van der Waals surface area contributed by atoms with Gasteiger partial charge in [-0.1, -0.05) is 0 Å². The molecule has 1 aromatic rings. The van der Waals surface area contributed by atoms with Gasteiger partial charge in [-0.25, -0.2) is 0 Å². The SMILES string of the molecule is CC(CN)NCc1cnn(C)c1. The first-order valence-electron chi connectivity index (χ1n) is 4.13. The molecular weight excluding hydrogens is 152 g/mol. The fraction of sp³-hybridized carbons (Fsp3) is 0.625. The third-order valence-corrected chi connectivity index (χ3v) is 1.77. The first-order valence-corrected chi connectivity index (χ1v) is 4.13. The molecule has 0 radical (unpaired) electrons. The molecule has 1 aromatic heterocycles. The van der Waals surface area contributed by atoms with Gasteiger partial charge in [0.1, 0.15) is 0 Å². The minimum atomic E-state index is 0.366. The third-order valence-electron chi connectivity index (χ3n) is 1.77. The predicted octanol–water partition coefficient (Wildman–Crippen LogP) is -0.143. The molecule has 1 heterocycles. The summed E-state index contributed by atoms with van der Waals surface area (Å²) >= 11 is 0. The van der Waals surface area contributed by atoms with Crippen molar-refractivity contribution >= 4 is 0 Å². The predicted molar refractivity (Wildman–Crippen MR) is 48.6 cm³/mol. The number of hydrogen-bond acceptors (Lipinski definition) is 3. The lowest BCUT2D eigenvalue weighted by atomic mass is 10.3. The summed E-state index contributed by atoms with van der Waals surface area (Å²) in [6.45, 7) is 3.57. The zero-order chi connectivity index (χ0) is 8.97. The summed E-state index contributed by atoms with van der Waals surface area (Å²) in [5.74, 6) is 0. The number of nitrogens with one attached hydrogen (secondary N) is 1. The largest absolute Gasteiger partial charge is 0.329 e. The molecule has 68 valence electrons. The molecule has 3 N–H and O–H groups in total. The molecule has 1 rings (SSSR count). The van der Waals surface area contributed by atoms with Gasteiger partial charge < -0.3 is 11.1 Å². The standard InChI is InChI=1S/C8H16N4/c1-7(3-9)10-4-8-5-11-12(2)6-8/h5-7,10H,3-4,9H2,1-2H3. The van der Waals surface area contributed by atoms with Gasteiger partial charge in [0.15, 0.2) is 0 Å². The highest BCUT2D eigenvalue weighted by molar-refractivity contribution is 5.02. The zero-order valence-corrected chi connectivity index (χ0v) is 7.62. The van der Waals surface area contributed by atoms with Gasteiger partial charge in [0, 0.05) is 37.9 Å². The van der Waals surface area contributed by atoms with Gasteiger partial charge in [-0.3, -0.25) is 4.68 Å². The van der Waals surface area contributed by atoms with Gasteiger partial charge in [-0.15, -0.1) is 0 Å². The molecule has 0 aliphatic carbocycles. The zero-order valence-electron chi connectivity index (χ0n) is 7.62. The van der Waals surface area contributed by atoms with E-state index in [0.29, 0.717) is 12.6 Å². The average Bonchev–Trinajstić information content (AvgIpc) is 2.47. The first kappa shape index (κ1) is 9.22. The summed E-state index contributed by atoms with van der Waals surface area (Å²) in [5, 5.41) is 7.35. The van der Waals surface area contributed by atoms with E-state index in [4.69, 9.17) is 5.73 Å². The maximum atomic E-state index is 5.46. The molecule has 1 unspecified atom stereocenters. The monoisotopic (exact) mass is 168 g/mol. The maximum Gasteiger partial charge on any atom is 0.0534 e. The lowest BCUT2D eigenvalue weighted by molar-refractivity contribution is 0.556. The number of rotatable bonds is 4. The van der Waals surface area contributed by atoms with Crippen molar-refractivity contribution < 1.29 is 0 Å². The van der Waals surface area contributed by atoms with Crippen molar-refractivity contribution in [2.24, 2.45) is 12.8 Å². The smallest absolute Gasteiger partial charge is 0.0534 e. The van der Waals surface area contributed by atoms with Crippen LogP contribution in [0.4, 0.5) is 0 Å². The van der Waals surface area contributed by atoms with Crippen molar-refractivity contribution in [2.75, 3.05) is 6.54 Å². The number of nitrogens with two attached hydrogens (primary N) is 1. The van der Waals surface area contributed by atoms with E-state index < -0.39 is 0 Å². The molecule has 0 aliphatic heterocycles. The summed E-state index contributed by atoms with van der Waals surface area (Å²) in [6, 6.07) is 0.366. The molecule has 0 saturated heterocycles. The molecule has 0 spiro atoms. The van der Waals surface area contributed by atoms with Crippen LogP contribution in [0.5, 0.6) is 0 Å². The van der Waals surface area contributed by atoms with Crippen LogP contribution in [0, 0.1) is 0 Å². The van der Waals surface area contributed by atoms with E-state index >= 15 is 0 Å². The summed E-state index contributed by atoms with van der Waals surface area (Å²) in [6.07, 6.45) is 3.85. The molecule has 0 bridgehead atoms. The maximum absolute atomic E-state index is 5.46. The van der Waals surface area contributed by atoms with Crippen molar-refractivity contribution in [1.29, 1.82) is 0 Å².